The van der Waals surface area contributed by atoms with Crippen molar-refractivity contribution in [1.82, 2.24) is 9.55 Å². The standard InChI is InChI=1S/C28H23ClF5N5O3S/c1-14-37-26(27(30,31)32)12-38(14)20-5-3-15(17-7-19(29)18(13-40)25(10-17)43-2)8-21(20)39(36)22(11-35)16-4-6-23-24(9-16)42-28(33,34)41-23/h3-12,40H,13,35-36H2,1-2H3/b22-11-. The molecular formula is C28H23ClF5N5O3S. The number of alkyl halides is 5. The SMILES string of the molecule is CSc1cc(-c2ccc(-n3cc(C(F)(F)F)nc3C)c(N(N)/C(=C\N)c3ccc4c(c3)OC(F)(F)O4)c2)cc(Cl)c1CO. The summed E-state index contributed by atoms with van der Waals surface area (Å²) < 4.78 is 78.1. The van der Waals surface area contributed by atoms with Crippen molar-refractivity contribution in [3.63, 3.8) is 0 Å². The highest BCUT2D eigenvalue weighted by atomic mass is 35.5. The highest BCUT2D eigenvalue weighted by molar-refractivity contribution is 7.98. The maximum atomic E-state index is 13.6. The average molecular weight is 640 g/mol. The van der Waals surface area contributed by atoms with E-state index in [2.05, 4.69) is 14.5 Å². The minimum atomic E-state index is -4.70. The first-order chi connectivity index (χ1) is 20.3. The van der Waals surface area contributed by atoms with Gasteiger partial charge in [0.05, 0.1) is 23.7 Å². The molecule has 1 aromatic heterocycles. The molecule has 0 aliphatic carbocycles. The molecule has 43 heavy (non-hydrogen) atoms. The molecule has 0 bridgehead atoms. The summed E-state index contributed by atoms with van der Waals surface area (Å²) in [5.41, 5.74) is 7.34. The molecule has 0 radical (unpaired) electrons. The van der Waals surface area contributed by atoms with Crippen LogP contribution in [0.5, 0.6) is 11.5 Å². The minimum Gasteiger partial charge on any atom is -0.403 e. The number of aliphatic hydroxyl groups excluding tert-OH is 1. The second-order valence-corrected chi connectivity index (χ2v) is 10.5. The molecule has 3 aromatic carbocycles. The number of hydrogen-bond acceptors (Lipinski definition) is 8. The van der Waals surface area contributed by atoms with E-state index in [0.29, 0.717) is 21.7 Å². The topological polar surface area (TPSA) is 112 Å². The Balaban J connectivity index is 1.67. The van der Waals surface area contributed by atoms with Crippen LogP contribution in [0.4, 0.5) is 27.6 Å². The summed E-state index contributed by atoms with van der Waals surface area (Å²) in [5, 5.41) is 11.2. The van der Waals surface area contributed by atoms with Crippen molar-refractivity contribution in [1.29, 1.82) is 0 Å². The van der Waals surface area contributed by atoms with Crippen LogP contribution in [0.2, 0.25) is 5.02 Å². The van der Waals surface area contributed by atoms with Gasteiger partial charge in [-0.25, -0.2) is 10.8 Å². The molecule has 0 saturated carbocycles. The van der Waals surface area contributed by atoms with Crippen LogP contribution in [0.15, 0.2) is 65.8 Å². The van der Waals surface area contributed by atoms with Crippen molar-refractivity contribution in [2.75, 3.05) is 11.3 Å². The number of aliphatic hydroxyl groups is 1. The lowest BCUT2D eigenvalue weighted by atomic mass is 10.0. The lowest BCUT2D eigenvalue weighted by Crippen LogP contribution is -2.31. The monoisotopic (exact) mass is 639 g/mol. The van der Waals surface area contributed by atoms with Crippen LogP contribution < -0.4 is 26.1 Å². The van der Waals surface area contributed by atoms with E-state index in [4.69, 9.17) is 23.2 Å². The van der Waals surface area contributed by atoms with Gasteiger partial charge in [-0.2, -0.15) is 13.2 Å². The van der Waals surface area contributed by atoms with Gasteiger partial charge in [-0.1, -0.05) is 17.7 Å². The van der Waals surface area contributed by atoms with E-state index in [9.17, 15) is 27.1 Å². The molecule has 0 atom stereocenters. The molecule has 0 unspecified atom stereocenters. The summed E-state index contributed by atoms with van der Waals surface area (Å²) in [6, 6.07) is 12.2. The first-order valence-electron chi connectivity index (χ1n) is 12.4. The second-order valence-electron chi connectivity index (χ2n) is 9.29. The number of nitrogens with zero attached hydrogens (tertiary/aromatic N) is 3. The number of aryl methyl sites for hydroxylation is 1. The molecule has 4 aromatic rings. The van der Waals surface area contributed by atoms with Crippen molar-refractivity contribution in [3.05, 3.63) is 88.6 Å². The molecule has 8 nitrogen and oxygen atoms in total. The van der Waals surface area contributed by atoms with Crippen molar-refractivity contribution >= 4 is 34.7 Å². The fourth-order valence-corrected chi connectivity index (χ4v) is 5.62. The molecule has 1 aliphatic rings. The Kier molecular flexibility index (Phi) is 7.98. The van der Waals surface area contributed by atoms with Crippen LogP contribution in [0.25, 0.3) is 22.5 Å². The Bertz CT molecular complexity index is 1740. The van der Waals surface area contributed by atoms with Gasteiger partial charge in [-0.3, -0.25) is 5.01 Å². The number of ether oxygens (including phenoxy) is 2. The fraction of sp³-hybridized carbons (Fsp3) is 0.179. The Hall–Kier alpha value is -3.98. The quantitative estimate of drug-likeness (QED) is 0.0888. The van der Waals surface area contributed by atoms with Gasteiger partial charge in [0.25, 0.3) is 0 Å². The number of anilines is 1. The second kappa shape index (κ2) is 11.3. The molecule has 0 saturated heterocycles. The summed E-state index contributed by atoms with van der Waals surface area (Å²) >= 11 is 7.83. The number of imidazole rings is 1. The Morgan fingerprint density at radius 1 is 1.12 bits per heavy atom. The number of hydrazine groups is 1. The zero-order chi connectivity index (χ0) is 31.3. The number of rotatable bonds is 7. The molecule has 0 fully saturated rings. The smallest absolute Gasteiger partial charge is 0.403 e. The normalized spacial score (nSPS) is 14.3. The van der Waals surface area contributed by atoms with Gasteiger partial charge < -0.3 is 24.9 Å². The number of benzene rings is 3. The molecule has 0 amide bonds. The van der Waals surface area contributed by atoms with Crippen molar-refractivity contribution in [2.45, 2.75) is 30.9 Å². The Morgan fingerprint density at radius 2 is 1.84 bits per heavy atom. The summed E-state index contributed by atoms with van der Waals surface area (Å²) in [6.07, 6.45) is -4.77. The number of hydrogen-bond donors (Lipinski definition) is 3. The van der Waals surface area contributed by atoms with Crippen LogP contribution in [0, 0.1) is 6.92 Å². The zero-order valence-electron chi connectivity index (χ0n) is 22.4. The minimum absolute atomic E-state index is 0.0262. The third kappa shape index (κ3) is 5.83. The van der Waals surface area contributed by atoms with Crippen LogP contribution in [0.1, 0.15) is 22.6 Å². The lowest BCUT2D eigenvalue weighted by Gasteiger charge is -2.26. The first-order valence-corrected chi connectivity index (χ1v) is 14.0. The number of fused-ring (bicyclic) bond motifs is 1. The molecule has 1 aliphatic heterocycles. The molecule has 0 spiro atoms. The van der Waals surface area contributed by atoms with Gasteiger partial charge in [0.15, 0.2) is 17.2 Å². The summed E-state index contributed by atoms with van der Waals surface area (Å²) in [4.78, 5) is 4.39. The maximum Gasteiger partial charge on any atom is 0.586 e. The van der Waals surface area contributed by atoms with Gasteiger partial charge in [-0.05, 0) is 66.8 Å². The summed E-state index contributed by atoms with van der Waals surface area (Å²) in [5.74, 6) is 6.16. The maximum absolute atomic E-state index is 13.6. The number of halogens is 6. The molecule has 5 N–H and O–H groups in total. The zero-order valence-corrected chi connectivity index (χ0v) is 24.0. The van der Waals surface area contributed by atoms with Gasteiger partial charge >= 0.3 is 12.5 Å². The van der Waals surface area contributed by atoms with Crippen molar-refractivity contribution < 1.29 is 36.5 Å². The lowest BCUT2D eigenvalue weighted by molar-refractivity contribution is -0.286. The van der Waals surface area contributed by atoms with E-state index in [1.807, 2.05) is 12.3 Å². The Labute approximate surface area is 251 Å². The molecule has 2 heterocycles. The van der Waals surface area contributed by atoms with E-state index in [1.165, 1.54) is 41.5 Å². The van der Waals surface area contributed by atoms with Crippen LogP contribution in [-0.4, -0.2) is 27.2 Å². The number of thioether (sulfide) groups is 1. The first kappa shape index (κ1) is 30.5. The van der Waals surface area contributed by atoms with E-state index >= 15 is 0 Å². The molecular weight excluding hydrogens is 617 g/mol. The molecule has 15 heteroatoms. The third-order valence-corrected chi connectivity index (χ3v) is 7.79. The van der Waals surface area contributed by atoms with E-state index in [-0.39, 0.29) is 46.6 Å². The van der Waals surface area contributed by atoms with E-state index in [0.717, 1.165) is 22.3 Å². The van der Waals surface area contributed by atoms with Gasteiger partial charge in [0.1, 0.15) is 5.82 Å². The largest absolute Gasteiger partial charge is 0.586 e. The predicted molar refractivity (Wildman–Crippen MR) is 153 cm³/mol. The van der Waals surface area contributed by atoms with E-state index in [1.54, 1.807) is 24.3 Å². The predicted octanol–water partition coefficient (Wildman–Crippen LogP) is 6.69. The summed E-state index contributed by atoms with van der Waals surface area (Å²) in [7, 11) is 0. The summed E-state index contributed by atoms with van der Waals surface area (Å²) in [6.45, 7) is 1.13. The highest BCUT2D eigenvalue weighted by Crippen LogP contribution is 2.43. The fourth-order valence-electron chi connectivity index (χ4n) is 4.62. The van der Waals surface area contributed by atoms with Crippen LogP contribution >= 0.6 is 23.4 Å². The van der Waals surface area contributed by atoms with E-state index < -0.39 is 18.2 Å². The van der Waals surface area contributed by atoms with Crippen LogP contribution in [-0.2, 0) is 12.8 Å². The van der Waals surface area contributed by atoms with Crippen LogP contribution in [0.3, 0.4) is 0 Å². The van der Waals surface area contributed by atoms with Gasteiger partial charge in [-0.15, -0.1) is 20.5 Å². The highest BCUT2D eigenvalue weighted by Gasteiger charge is 2.43. The van der Waals surface area contributed by atoms with Crippen molar-refractivity contribution in [2.24, 2.45) is 11.6 Å². The molecule has 226 valence electrons. The van der Waals surface area contributed by atoms with Gasteiger partial charge in [0, 0.05) is 33.4 Å². The number of nitrogens with two attached hydrogens (primary N) is 2. The van der Waals surface area contributed by atoms with Gasteiger partial charge in [0.2, 0.25) is 0 Å². The third-order valence-electron chi connectivity index (χ3n) is 6.65. The average Bonchev–Trinajstić information content (AvgIpc) is 3.50. The molecule has 5 rings (SSSR count). The Morgan fingerprint density at radius 3 is 2.47 bits per heavy atom. The van der Waals surface area contributed by atoms with Crippen molar-refractivity contribution in [3.8, 4) is 28.3 Å². The number of aromatic nitrogens is 2.